The maximum atomic E-state index is 12.0. The molecule has 1 aromatic carbocycles. The number of carbonyl (C=O) groups excluding carboxylic acids is 1. The zero-order chi connectivity index (χ0) is 13.0. The predicted octanol–water partition coefficient (Wildman–Crippen LogP) is 0.299. The van der Waals surface area contributed by atoms with Crippen molar-refractivity contribution in [2.24, 2.45) is 10.9 Å². The van der Waals surface area contributed by atoms with Crippen molar-refractivity contribution in [1.29, 1.82) is 0 Å². The maximum absolute atomic E-state index is 12.0. The summed E-state index contributed by atoms with van der Waals surface area (Å²) in [7, 11) is 1.82. The Morgan fingerprint density at radius 3 is 3.11 bits per heavy atom. The summed E-state index contributed by atoms with van der Waals surface area (Å²) in [6.45, 7) is 1.45. The number of likely N-dealkylation sites (N-methyl/N-ethyl adjacent to an activating group) is 1. The number of benzene rings is 1. The van der Waals surface area contributed by atoms with Crippen LogP contribution in [0.5, 0.6) is 0 Å². The van der Waals surface area contributed by atoms with Crippen LogP contribution >= 0.6 is 0 Å². The number of rotatable bonds is 4. The Bertz CT molecular complexity index is 458. The quantitative estimate of drug-likeness (QED) is 0.456. The number of nitrogens with one attached hydrogen (secondary N) is 1. The average molecular weight is 246 g/mol. The molecule has 1 atom stereocenters. The number of hydrogen-bond donors (Lipinski definition) is 2. The summed E-state index contributed by atoms with van der Waals surface area (Å²) >= 11 is 0. The van der Waals surface area contributed by atoms with Gasteiger partial charge in [-0.3, -0.25) is 4.79 Å². The molecule has 0 bridgehead atoms. The van der Waals surface area contributed by atoms with Gasteiger partial charge >= 0.3 is 0 Å². The fraction of sp³-hybridized carbons (Fsp3) is 0.385. The minimum Gasteiger partial charge on any atom is -0.337 e. The maximum Gasteiger partial charge on any atom is 0.240 e. The number of hydrazone groups is 1. The summed E-state index contributed by atoms with van der Waals surface area (Å²) in [5, 5.41) is 6.54. The van der Waals surface area contributed by atoms with E-state index in [1.54, 1.807) is 6.21 Å². The molecule has 0 radical (unpaired) electrons. The van der Waals surface area contributed by atoms with Crippen LogP contribution in [0.4, 0.5) is 0 Å². The van der Waals surface area contributed by atoms with E-state index in [-0.39, 0.29) is 11.9 Å². The Morgan fingerprint density at radius 1 is 1.61 bits per heavy atom. The molecule has 5 nitrogen and oxygen atoms in total. The third-order valence-corrected chi connectivity index (χ3v) is 3.19. The van der Waals surface area contributed by atoms with Crippen LogP contribution in [0.2, 0.25) is 0 Å². The summed E-state index contributed by atoms with van der Waals surface area (Å²) in [6, 6.07) is 7.85. The van der Waals surface area contributed by atoms with Crippen molar-refractivity contribution in [3.05, 3.63) is 35.4 Å². The number of hydrogen-bond acceptors (Lipinski definition) is 4. The fourth-order valence-corrected chi connectivity index (χ4v) is 2.24. The molecule has 1 heterocycles. The molecule has 0 aromatic heterocycles. The van der Waals surface area contributed by atoms with Crippen LogP contribution in [-0.4, -0.2) is 36.7 Å². The Morgan fingerprint density at radius 2 is 2.44 bits per heavy atom. The van der Waals surface area contributed by atoms with Crippen LogP contribution < -0.4 is 11.2 Å². The Kier molecular flexibility index (Phi) is 3.94. The number of likely N-dealkylation sites (tertiary alicyclic amines) is 1. The van der Waals surface area contributed by atoms with E-state index in [1.165, 1.54) is 0 Å². The van der Waals surface area contributed by atoms with E-state index in [4.69, 9.17) is 5.84 Å². The lowest BCUT2D eigenvalue weighted by Gasteiger charge is -2.16. The lowest BCUT2D eigenvalue weighted by atomic mass is 10.1. The van der Waals surface area contributed by atoms with E-state index < -0.39 is 0 Å². The molecule has 18 heavy (non-hydrogen) atoms. The molecule has 0 spiro atoms. The zero-order valence-electron chi connectivity index (χ0n) is 10.5. The number of nitrogens with two attached hydrogens (primary N) is 1. The summed E-state index contributed by atoms with van der Waals surface area (Å²) in [5.74, 6) is 5.31. The normalized spacial score (nSPS) is 19.9. The first kappa shape index (κ1) is 12.6. The number of carbonyl (C=O) groups is 1. The summed E-state index contributed by atoms with van der Waals surface area (Å²) in [4.78, 5) is 13.8. The molecule has 1 fully saturated rings. The first-order chi connectivity index (χ1) is 8.74. The van der Waals surface area contributed by atoms with Gasteiger partial charge in [0.1, 0.15) is 0 Å². The first-order valence-corrected chi connectivity index (χ1v) is 6.03. The third-order valence-electron chi connectivity index (χ3n) is 3.19. The second-order valence-corrected chi connectivity index (χ2v) is 4.41. The van der Waals surface area contributed by atoms with E-state index in [9.17, 15) is 4.79 Å². The number of amides is 1. The van der Waals surface area contributed by atoms with Gasteiger partial charge in [-0.2, -0.15) is 5.10 Å². The Balaban J connectivity index is 2.06. The first-order valence-electron chi connectivity index (χ1n) is 6.03. The van der Waals surface area contributed by atoms with Crippen molar-refractivity contribution < 1.29 is 4.79 Å². The monoisotopic (exact) mass is 246 g/mol. The molecule has 0 unspecified atom stereocenters. The van der Waals surface area contributed by atoms with Gasteiger partial charge in [0.05, 0.1) is 12.3 Å². The highest BCUT2D eigenvalue weighted by atomic mass is 16.2. The highest BCUT2D eigenvalue weighted by Gasteiger charge is 2.29. The average Bonchev–Trinajstić information content (AvgIpc) is 2.71. The van der Waals surface area contributed by atoms with E-state index in [1.807, 2.05) is 36.2 Å². The standard InChI is InChI=1S/C13H18N4O/c1-15-12-5-6-17(13(12)18)9-11-4-2-3-10(7-11)8-16-14/h2-4,7-8,12,15H,5-6,9,14H2,1H3/t12-/m0/s1. The van der Waals surface area contributed by atoms with Gasteiger partial charge < -0.3 is 16.1 Å². The van der Waals surface area contributed by atoms with Gasteiger partial charge in [-0.15, -0.1) is 0 Å². The second-order valence-electron chi connectivity index (χ2n) is 4.41. The molecule has 0 aliphatic carbocycles. The van der Waals surface area contributed by atoms with Crippen LogP contribution in [0.25, 0.3) is 0 Å². The Hall–Kier alpha value is -1.88. The van der Waals surface area contributed by atoms with Crippen LogP contribution in [0.15, 0.2) is 29.4 Å². The minimum atomic E-state index is -0.0289. The molecule has 0 saturated carbocycles. The minimum absolute atomic E-state index is 0.0289. The molecule has 1 amide bonds. The molecule has 1 saturated heterocycles. The zero-order valence-corrected chi connectivity index (χ0v) is 10.5. The van der Waals surface area contributed by atoms with E-state index >= 15 is 0 Å². The number of nitrogens with zero attached hydrogens (tertiary/aromatic N) is 2. The molecule has 2 rings (SSSR count). The van der Waals surface area contributed by atoms with Crippen LogP contribution in [0.1, 0.15) is 17.5 Å². The second kappa shape index (κ2) is 5.64. The molecule has 1 aromatic rings. The van der Waals surface area contributed by atoms with Crippen LogP contribution in [-0.2, 0) is 11.3 Å². The van der Waals surface area contributed by atoms with Gasteiger partial charge in [0, 0.05) is 13.1 Å². The van der Waals surface area contributed by atoms with Crippen molar-refractivity contribution in [2.75, 3.05) is 13.6 Å². The molecular weight excluding hydrogens is 228 g/mol. The van der Waals surface area contributed by atoms with Crippen LogP contribution in [0.3, 0.4) is 0 Å². The summed E-state index contributed by atoms with van der Waals surface area (Å²) in [6.07, 6.45) is 2.48. The van der Waals surface area contributed by atoms with Crippen molar-refractivity contribution in [3.8, 4) is 0 Å². The molecular formula is C13H18N4O. The third kappa shape index (κ3) is 2.68. The van der Waals surface area contributed by atoms with E-state index in [0.717, 1.165) is 24.1 Å². The summed E-state index contributed by atoms with van der Waals surface area (Å²) < 4.78 is 0. The van der Waals surface area contributed by atoms with Crippen molar-refractivity contribution >= 4 is 12.1 Å². The topological polar surface area (TPSA) is 70.7 Å². The molecule has 1 aliphatic heterocycles. The van der Waals surface area contributed by atoms with Crippen molar-refractivity contribution in [3.63, 3.8) is 0 Å². The van der Waals surface area contributed by atoms with E-state index in [2.05, 4.69) is 10.4 Å². The highest BCUT2D eigenvalue weighted by molar-refractivity contribution is 5.84. The van der Waals surface area contributed by atoms with Gasteiger partial charge in [-0.05, 0) is 30.7 Å². The van der Waals surface area contributed by atoms with E-state index in [0.29, 0.717) is 6.54 Å². The SMILES string of the molecule is CN[C@H]1CCN(Cc2cccc(C=NN)c2)C1=O. The lowest BCUT2D eigenvalue weighted by Crippen LogP contribution is -2.35. The van der Waals surface area contributed by atoms with Gasteiger partial charge in [0.15, 0.2) is 0 Å². The molecule has 5 heteroatoms. The predicted molar refractivity (Wildman–Crippen MR) is 71.1 cm³/mol. The van der Waals surface area contributed by atoms with Gasteiger partial charge in [0.25, 0.3) is 0 Å². The fourth-order valence-electron chi connectivity index (χ4n) is 2.24. The van der Waals surface area contributed by atoms with Crippen LogP contribution in [0, 0.1) is 0 Å². The molecule has 96 valence electrons. The van der Waals surface area contributed by atoms with Gasteiger partial charge in [-0.1, -0.05) is 18.2 Å². The largest absolute Gasteiger partial charge is 0.337 e. The van der Waals surface area contributed by atoms with Crippen molar-refractivity contribution in [2.45, 2.75) is 19.0 Å². The van der Waals surface area contributed by atoms with Gasteiger partial charge in [0.2, 0.25) is 5.91 Å². The smallest absolute Gasteiger partial charge is 0.240 e. The highest BCUT2D eigenvalue weighted by Crippen LogP contribution is 2.15. The summed E-state index contributed by atoms with van der Waals surface area (Å²) in [5.41, 5.74) is 2.05. The molecule has 1 aliphatic rings. The molecule has 3 N–H and O–H groups in total. The Labute approximate surface area is 107 Å². The van der Waals surface area contributed by atoms with Gasteiger partial charge in [-0.25, -0.2) is 0 Å². The lowest BCUT2D eigenvalue weighted by molar-refractivity contribution is -0.129. The van der Waals surface area contributed by atoms with Crippen molar-refractivity contribution in [1.82, 2.24) is 10.2 Å².